The molecular formula is C8H17NO2. The second-order valence-corrected chi connectivity index (χ2v) is 2.48. The predicted molar refractivity (Wildman–Crippen MR) is 43.7 cm³/mol. The molecule has 2 atom stereocenters. The highest BCUT2D eigenvalue weighted by atomic mass is 16.6. The molecule has 0 aliphatic carbocycles. The minimum absolute atomic E-state index is 0.332. The van der Waals surface area contributed by atoms with E-state index in [4.69, 9.17) is 9.47 Å². The number of rotatable bonds is 0. The first kappa shape index (κ1) is 8.97. The maximum Gasteiger partial charge on any atom is 0.0974 e. The number of nitrogens with one attached hydrogen (secondary N) is 1. The molecule has 0 bridgehead atoms. The van der Waals surface area contributed by atoms with E-state index in [-0.39, 0.29) is 0 Å². The fourth-order valence-electron chi connectivity index (χ4n) is 1.36. The van der Waals surface area contributed by atoms with Crippen molar-refractivity contribution in [1.29, 1.82) is 0 Å². The molecule has 0 amide bonds. The molecule has 1 N–H and O–H groups in total. The van der Waals surface area contributed by atoms with Gasteiger partial charge >= 0.3 is 0 Å². The Morgan fingerprint density at radius 3 is 1.91 bits per heavy atom. The zero-order valence-corrected chi connectivity index (χ0v) is 7.30. The molecule has 0 spiro atoms. The number of fused-ring (bicyclic) bond motifs is 1. The van der Waals surface area contributed by atoms with Gasteiger partial charge in [-0.05, 0) is 0 Å². The summed E-state index contributed by atoms with van der Waals surface area (Å²) in [4.78, 5) is 0. The van der Waals surface area contributed by atoms with Crippen LogP contribution in [-0.2, 0) is 9.47 Å². The molecule has 2 fully saturated rings. The minimum atomic E-state index is 0.332. The maximum atomic E-state index is 5.41. The lowest BCUT2D eigenvalue weighted by molar-refractivity contribution is -0.116. The lowest BCUT2D eigenvalue weighted by Gasteiger charge is -2.24. The van der Waals surface area contributed by atoms with Gasteiger partial charge in [0.2, 0.25) is 0 Å². The highest BCUT2D eigenvalue weighted by Crippen LogP contribution is 2.12. The van der Waals surface area contributed by atoms with Crippen LogP contribution in [0.2, 0.25) is 0 Å². The fraction of sp³-hybridized carbons (Fsp3) is 1.00. The average Bonchev–Trinajstić information content (AvgIpc) is 2.55. The van der Waals surface area contributed by atoms with E-state index < -0.39 is 0 Å². The molecule has 3 heteroatoms. The highest BCUT2D eigenvalue weighted by Gasteiger charge is 2.30. The number of hydrogen-bond acceptors (Lipinski definition) is 3. The van der Waals surface area contributed by atoms with E-state index in [1.54, 1.807) is 0 Å². The summed E-state index contributed by atoms with van der Waals surface area (Å²) in [5.74, 6) is 0. The van der Waals surface area contributed by atoms with E-state index >= 15 is 0 Å². The van der Waals surface area contributed by atoms with E-state index in [2.05, 4.69) is 5.32 Å². The Labute approximate surface area is 68.1 Å². The summed E-state index contributed by atoms with van der Waals surface area (Å²) < 4.78 is 10.8. The van der Waals surface area contributed by atoms with Crippen LogP contribution in [-0.4, -0.2) is 38.5 Å². The van der Waals surface area contributed by atoms with Crippen LogP contribution in [0.1, 0.15) is 13.8 Å². The van der Waals surface area contributed by atoms with Crippen molar-refractivity contribution in [3.63, 3.8) is 0 Å². The Balaban J connectivity index is 0.000000281. The third kappa shape index (κ3) is 2.15. The van der Waals surface area contributed by atoms with Crippen molar-refractivity contribution in [2.45, 2.75) is 26.1 Å². The smallest absolute Gasteiger partial charge is 0.0974 e. The van der Waals surface area contributed by atoms with Crippen LogP contribution in [0.5, 0.6) is 0 Å². The van der Waals surface area contributed by atoms with Crippen LogP contribution in [0.25, 0.3) is 0 Å². The molecule has 0 saturated carbocycles. The highest BCUT2D eigenvalue weighted by molar-refractivity contribution is 4.84. The van der Waals surface area contributed by atoms with Gasteiger partial charge in [-0.15, -0.1) is 0 Å². The third-order valence-corrected chi connectivity index (χ3v) is 1.85. The number of hydrogen-bond donors (Lipinski definition) is 1. The Bertz CT molecular complexity index is 96.3. The molecule has 0 aromatic rings. The lowest BCUT2D eigenvalue weighted by Crippen LogP contribution is -2.36. The molecule has 3 nitrogen and oxygen atoms in total. The van der Waals surface area contributed by atoms with Crippen molar-refractivity contribution in [2.75, 3.05) is 26.3 Å². The monoisotopic (exact) mass is 159 g/mol. The van der Waals surface area contributed by atoms with E-state index in [9.17, 15) is 0 Å². The van der Waals surface area contributed by atoms with Crippen molar-refractivity contribution in [3.05, 3.63) is 0 Å². The summed E-state index contributed by atoms with van der Waals surface area (Å²) in [6.45, 7) is 7.46. The van der Waals surface area contributed by atoms with Crippen LogP contribution >= 0.6 is 0 Å². The van der Waals surface area contributed by atoms with Gasteiger partial charge in [-0.2, -0.15) is 0 Å². The molecule has 2 saturated heterocycles. The van der Waals surface area contributed by atoms with Gasteiger partial charge in [0.1, 0.15) is 0 Å². The molecule has 11 heavy (non-hydrogen) atoms. The molecule has 2 unspecified atom stereocenters. The zero-order valence-electron chi connectivity index (χ0n) is 7.30. The Morgan fingerprint density at radius 1 is 1.00 bits per heavy atom. The largest absolute Gasteiger partial charge is 0.372 e. The first-order chi connectivity index (χ1) is 5.47. The predicted octanol–water partition coefficient (Wildman–Crippen LogP) is 0.400. The SMILES string of the molecule is C1COC2CNCC2O1.CC. The van der Waals surface area contributed by atoms with Gasteiger partial charge < -0.3 is 14.8 Å². The molecule has 2 rings (SSSR count). The van der Waals surface area contributed by atoms with Crippen molar-refractivity contribution < 1.29 is 9.47 Å². The van der Waals surface area contributed by atoms with Gasteiger partial charge in [0.05, 0.1) is 25.4 Å². The van der Waals surface area contributed by atoms with Crippen molar-refractivity contribution in [2.24, 2.45) is 0 Å². The summed E-state index contributed by atoms with van der Waals surface area (Å²) in [6, 6.07) is 0. The first-order valence-corrected chi connectivity index (χ1v) is 4.41. The van der Waals surface area contributed by atoms with Gasteiger partial charge in [0.15, 0.2) is 0 Å². The summed E-state index contributed by atoms with van der Waals surface area (Å²) in [7, 11) is 0. The van der Waals surface area contributed by atoms with E-state index in [0.29, 0.717) is 12.2 Å². The van der Waals surface area contributed by atoms with E-state index in [1.807, 2.05) is 13.8 Å². The topological polar surface area (TPSA) is 30.5 Å². The van der Waals surface area contributed by atoms with Crippen molar-refractivity contribution in [1.82, 2.24) is 5.32 Å². The Hall–Kier alpha value is -0.120. The molecule has 0 aromatic carbocycles. The molecule has 2 aliphatic heterocycles. The average molecular weight is 159 g/mol. The van der Waals surface area contributed by atoms with Crippen LogP contribution in [0, 0.1) is 0 Å². The van der Waals surface area contributed by atoms with Gasteiger partial charge in [0.25, 0.3) is 0 Å². The van der Waals surface area contributed by atoms with Crippen LogP contribution in [0.4, 0.5) is 0 Å². The third-order valence-electron chi connectivity index (χ3n) is 1.85. The summed E-state index contributed by atoms with van der Waals surface area (Å²) in [5.41, 5.74) is 0. The first-order valence-electron chi connectivity index (χ1n) is 4.41. The lowest BCUT2D eigenvalue weighted by atomic mass is 10.2. The van der Waals surface area contributed by atoms with Gasteiger partial charge in [-0.25, -0.2) is 0 Å². The maximum absolute atomic E-state index is 5.41. The molecule has 2 aliphatic rings. The molecule has 0 radical (unpaired) electrons. The Morgan fingerprint density at radius 2 is 1.45 bits per heavy atom. The van der Waals surface area contributed by atoms with Gasteiger partial charge in [-0.1, -0.05) is 13.8 Å². The van der Waals surface area contributed by atoms with Gasteiger partial charge in [0, 0.05) is 13.1 Å². The zero-order chi connectivity index (χ0) is 8.10. The van der Waals surface area contributed by atoms with Gasteiger partial charge in [-0.3, -0.25) is 0 Å². The second kappa shape index (κ2) is 4.70. The summed E-state index contributed by atoms with van der Waals surface area (Å²) >= 11 is 0. The molecule has 0 aromatic heterocycles. The van der Waals surface area contributed by atoms with Crippen molar-refractivity contribution in [3.8, 4) is 0 Å². The number of ether oxygens (including phenoxy) is 2. The van der Waals surface area contributed by atoms with Crippen LogP contribution < -0.4 is 5.32 Å². The van der Waals surface area contributed by atoms with E-state index in [0.717, 1.165) is 26.3 Å². The molecular weight excluding hydrogens is 142 g/mol. The molecule has 2 heterocycles. The second-order valence-electron chi connectivity index (χ2n) is 2.48. The molecule has 66 valence electrons. The summed E-state index contributed by atoms with van der Waals surface area (Å²) in [5, 5.41) is 3.21. The fourth-order valence-corrected chi connectivity index (χ4v) is 1.36. The minimum Gasteiger partial charge on any atom is -0.372 e. The van der Waals surface area contributed by atoms with Crippen molar-refractivity contribution >= 4 is 0 Å². The normalized spacial score (nSPS) is 35.5. The summed E-state index contributed by atoms with van der Waals surface area (Å²) in [6.07, 6.45) is 0.664. The van der Waals surface area contributed by atoms with E-state index in [1.165, 1.54) is 0 Å². The quantitative estimate of drug-likeness (QED) is 0.555. The van der Waals surface area contributed by atoms with Crippen LogP contribution in [0.15, 0.2) is 0 Å². The van der Waals surface area contributed by atoms with Crippen LogP contribution in [0.3, 0.4) is 0 Å². The Kier molecular flexibility index (Phi) is 3.83. The standard InChI is InChI=1S/C6H11NO2.C2H6/c1-2-9-6-4-7-3-5(6)8-1;1-2/h5-7H,1-4H2;1-2H3.